The second kappa shape index (κ2) is 6.53. The number of nitrogens with zero attached hydrogens (tertiary/aromatic N) is 2. The lowest BCUT2D eigenvalue weighted by molar-refractivity contribution is -0.141. The SMILES string of the molecule is CCOc1cccc2sc(=NC(C)=O)n(CC(=O)OC)c12. The van der Waals surface area contributed by atoms with Crippen LogP contribution in [0.5, 0.6) is 5.75 Å². The first-order chi connectivity index (χ1) is 10.1. The number of carbonyl (C=O) groups is 2. The minimum Gasteiger partial charge on any atom is -0.492 e. The quantitative estimate of drug-likeness (QED) is 0.806. The van der Waals surface area contributed by atoms with Crippen LogP contribution in [0, 0.1) is 0 Å². The molecule has 0 radical (unpaired) electrons. The summed E-state index contributed by atoms with van der Waals surface area (Å²) in [5.74, 6) is -0.0794. The molecule has 1 heterocycles. The Balaban J connectivity index is 2.73. The Morgan fingerprint density at radius 2 is 2.14 bits per heavy atom. The number of carbonyl (C=O) groups excluding carboxylic acids is 2. The van der Waals surface area contributed by atoms with Crippen LogP contribution in [0.4, 0.5) is 0 Å². The number of rotatable bonds is 4. The third-order valence-electron chi connectivity index (χ3n) is 2.73. The molecule has 2 aromatic rings. The van der Waals surface area contributed by atoms with E-state index >= 15 is 0 Å². The fourth-order valence-electron chi connectivity index (χ4n) is 1.93. The first kappa shape index (κ1) is 15.2. The number of fused-ring (bicyclic) bond motifs is 1. The van der Waals surface area contributed by atoms with Crippen LogP contribution in [0.2, 0.25) is 0 Å². The number of methoxy groups -OCH3 is 1. The van der Waals surface area contributed by atoms with Gasteiger partial charge in [-0.1, -0.05) is 17.4 Å². The summed E-state index contributed by atoms with van der Waals surface area (Å²) >= 11 is 1.33. The normalized spacial score (nSPS) is 11.7. The molecule has 0 saturated heterocycles. The van der Waals surface area contributed by atoms with Gasteiger partial charge < -0.3 is 14.0 Å². The summed E-state index contributed by atoms with van der Waals surface area (Å²) in [6.45, 7) is 3.74. The van der Waals surface area contributed by atoms with Gasteiger partial charge in [-0.05, 0) is 19.1 Å². The van der Waals surface area contributed by atoms with Crippen molar-refractivity contribution in [3.63, 3.8) is 0 Å². The predicted molar refractivity (Wildman–Crippen MR) is 79.2 cm³/mol. The fourth-order valence-corrected chi connectivity index (χ4v) is 3.02. The molecule has 0 spiro atoms. The molecule has 0 fully saturated rings. The van der Waals surface area contributed by atoms with Gasteiger partial charge in [0.2, 0.25) is 5.91 Å². The molecule has 0 unspecified atom stereocenters. The third kappa shape index (κ3) is 3.30. The van der Waals surface area contributed by atoms with E-state index in [-0.39, 0.29) is 12.5 Å². The van der Waals surface area contributed by atoms with Gasteiger partial charge in [-0.2, -0.15) is 4.99 Å². The molecule has 112 valence electrons. The maximum atomic E-state index is 11.6. The van der Waals surface area contributed by atoms with E-state index in [1.54, 1.807) is 4.57 Å². The zero-order valence-electron chi connectivity index (χ0n) is 12.1. The molecule has 0 aliphatic heterocycles. The summed E-state index contributed by atoms with van der Waals surface area (Å²) in [5.41, 5.74) is 0.745. The average molecular weight is 308 g/mol. The van der Waals surface area contributed by atoms with Crippen LogP contribution in [-0.4, -0.2) is 30.2 Å². The Labute approximate surface area is 125 Å². The molecule has 0 aliphatic carbocycles. The summed E-state index contributed by atoms with van der Waals surface area (Å²) < 4.78 is 12.9. The van der Waals surface area contributed by atoms with Gasteiger partial charge in [0.05, 0.1) is 18.4 Å². The zero-order chi connectivity index (χ0) is 15.4. The van der Waals surface area contributed by atoms with E-state index in [1.165, 1.54) is 25.4 Å². The van der Waals surface area contributed by atoms with Gasteiger partial charge in [0, 0.05) is 6.92 Å². The monoisotopic (exact) mass is 308 g/mol. The van der Waals surface area contributed by atoms with Crippen LogP contribution in [0.1, 0.15) is 13.8 Å². The maximum absolute atomic E-state index is 11.6. The van der Waals surface area contributed by atoms with Crippen molar-refractivity contribution >= 4 is 33.4 Å². The summed E-state index contributed by atoms with van der Waals surface area (Å²) in [6, 6.07) is 5.59. The maximum Gasteiger partial charge on any atom is 0.325 e. The lowest BCUT2D eigenvalue weighted by atomic mass is 10.3. The smallest absolute Gasteiger partial charge is 0.325 e. The number of benzene rings is 1. The van der Waals surface area contributed by atoms with Crippen molar-refractivity contribution in [2.75, 3.05) is 13.7 Å². The van der Waals surface area contributed by atoms with Gasteiger partial charge in [0.25, 0.3) is 0 Å². The molecule has 6 nitrogen and oxygen atoms in total. The first-order valence-corrected chi connectivity index (χ1v) is 7.25. The summed E-state index contributed by atoms with van der Waals surface area (Å²) in [6.07, 6.45) is 0. The Hall–Kier alpha value is -2.15. The lowest BCUT2D eigenvalue weighted by Gasteiger charge is -2.08. The lowest BCUT2D eigenvalue weighted by Crippen LogP contribution is -2.22. The Bertz CT molecular complexity index is 745. The van der Waals surface area contributed by atoms with E-state index < -0.39 is 5.97 Å². The number of aromatic nitrogens is 1. The number of hydrogen-bond acceptors (Lipinski definition) is 5. The summed E-state index contributed by atoms with van der Waals surface area (Å²) in [7, 11) is 1.32. The van der Waals surface area contributed by atoms with E-state index in [2.05, 4.69) is 4.99 Å². The molecule has 0 aliphatic rings. The molecular weight excluding hydrogens is 292 g/mol. The number of thiazole rings is 1. The Morgan fingerprint density at radius 3 is 2.76 bits per heavy atom. The van der Waals surface area contributed by atoms with E-state index in [0.29, 0.717) is 17.2 Å². The molecule has 7 heteroatoms. The highest BCUT2D eigenvalue weighted by Crippen LogP contribution is 2.27. The predicted octanol–water partition coefficient (Wildman–Crippen LogP) is 1.72. The van der Waals surface area contributed by atoms with E-state index in [0.717, 1.165) is 10.2 Å². The number of para-hydroxylation sites is 1. The second-order valence-electron chi connectivity index (χ2n) is 4.21. The summed E-state index contributed by atoms with van der Waals surface area (Å²) in [4.78, 5) is 27.3. The highest BCUT2D eigenvalue weighted by atomic mass is 32.1. The molecule has 21 heavy (non-hydrogen) atoms. The van der Waals surface area contributed by atoms with Crippen molar-refractivity contribution in [2.24, 2.45) is 4.99 Å². The average Bonchev–Trinajstić information content (AvgIpc) is 2.77. The molecule has 0 bridgehead atoms. The largest absolute Gasteiger partial charge is 0.492 e. The van der Waals surface area contributed by atoms with Gasteiger partial charge in [-0.15, -0.1) is 0 Å². The van der Waals surface area contributed by atoms with Gasteiger partial charge in [0.15, 0.2) is 4.80 Å². The van der Waals surface area contributed by atoms with E-state index in [9.17, 15) is 9.59 Å². The van der Waals surface area contributed by atoms with Crippen LogP contribution >= 0.6 is 11.3 Å². The van der Waals surface area contributed by atoms with Crippen LogP contribution in [-0.2, 0) is 20.9 Å². The van der Waals surface area contributed by atoms with Gasteiger partial charge in [0.1, 0.15) is 17.8 Å². The highest BCUT2D eigenvalue weighted by molar-refractivity contribution is 7.16. The van der Waals surface area contributed by atoms with Crippen LogP contribution in [0.3, 0.4) is 0 Å². The van der Waals surface area contributed by atoms with Crippen LogP contribution < -0.4 is 9.54 Å². The zero-order valence-corrected chi connectivity index (χ0v) is 12.9. The molecular formula is C14H16N2O4S. The molecule has 0 N–H and O–H groups in total. The summed E-state index contributed by atoms with van der Waals surface area (Å²) in [5, 5.41) is 0. The standard InChI is InChI=1S/C14H16N2O4S/c1-4-20-10-6-5-7-11-13(10)16(8-12(18)19-3)14(21-11)15-9(2)17/h5-7H,4,8H2,1-3H3. The Kier molecular flexibility index (Phi) is 4.74. The minimum absolute atomic E-state index is 0.0211. The number of esters is 1. The first-order valence-electron chi connectivity index (χ1n) is 6.44. The number of amides is 1. The van der Waals surface area contributed by atoms with Gasteiger partial charge >= 0.3 is 5.97 Å². The van der Waals surface area contributed by atoms with Crippen molar-refractivity contribution in [3.05, 3.63) is 23.0 Å². The van der Waals surface area contributed by atoms with E-state index in [4.69, 9.17) is 9.47 Å². The third-order valence-corrected chi connectivity index (χ3v) is 3.78. The molecule has 0 atom stereocenters. The van der Waals surface area contributed by atoms with Crippen molar-refractivity contribution in [3.8, 4) is 5.75 Å². The van der Waals surface area contributed by atoms with Crippen LogP contribution in [0.25, 0.3) is 10.2 Å². The number of hydrogen-bond donors (Lipinski definition) is 0. The molecule has 1 aromatic heterocycles. The molecule has 1 amide bonds. The van der Waals surface area contributed by atoms with Crippen molar-refractivity contribution in [1.82, 2.24) is 4.57 Å². The highest BCUT2D eigenvalue weighted by Gasteiger charge is 2.14. The van der Waals surface area contributed by atoms with E-state index in [1.807, 2.05) is 25.1 Å². The van der Waals surface area contributed by atoms with Gasteiger partial charge in [-0.3, -0.25) is 9.59 Å². The molecule has 0 saturated carbocycles. The Morgan fingerprint density at radius 1 is 1.38 bits per heavy atom. The van der Waals surface area contributed by atoms with Gasteiger partial charge in [-0.25, -0.2) is 0 Å². The molecule has 1 aromatic carbocycles. The van der Waals surface area contributed by atoms with Crippen molar-refractivity contribution in [1.29, 1.82) is 0 Å². The number of ether oxygens (including phenoxy) is 2. The fraction of sp³-hybridized carbons (Fsp3) is 0.357. The minimum atomic E-state index is -0.411. The molecule has 2 rings (SSSR count). The van der Waals surface area contributed by atoms with Crippen LogP contribution in [0.15, 0.2) is 23.2 Å². The second-order valence-corrected chi connectivity index (χ2v) is 5.22. The van der Waals surface area contributed by atoms with Crippen molar-refractivity contribution in [2.45, 2.75) is 20.4 Å². The topological polar surface area (TPSA) is 69.9 Å². The van der Waals surface area contributed by atoms with Crippen molar-refractivity contribution < 1.29 is 19.1 Å².